The molecule has 0 saturated heterocycles. The molecule has 0 unspecified atom stereocenters. The van der Waals surface area contributed by atoms with Gasteiger partial charge in [0.2, 0.25) is 0 Å². The molecule has 1 aliphatic rings. The van der Waals surface area contributed by atoms with Crippen molar-refractivity contribution in [3.63, 3.8) is 0 Å². The Kier molecular flexibility index (Phi) is 9.44. The van der Waals surface area contributed by atoms with Crippen LogP contribution in [0.15, 0.2) is 108 Å². The number of rotatable bonds is 7. The van der Waals surface area contributed by atoms with Gasteiger partial charge in [-0.05, 0) is 63.9 Å². The molecule has 3 aromatic carbocycles. The van der Waals surface area contributed by atoms with E-state index in [1.165, 1.54) is 0 Å². The van der Waals surface area contributed by atoms with Gasteiger partial charge in [-0.2, -0.15) is 0 Å². The molecule has 1 aliphatic carbocycles. The van der Waals surface area contributed by atoms with Crippen molar-refractivity contribution in [3.8, 4) is 11.5 Å². The van der Waals surface area contributed by atoms with Gasteiger partial charge >= 0.3 is 11.9 Å². The highest BCUT2D eigenvalue weighted by Crippen LogP contribution is 2.47. The summed E-state index contributed by atoms with van der Waals surface area (Å²) < 4.78 is 11.6. The number of hydrogen-bond acceptors (Lipinski definition) is 5. The lowest BCUT2D eigenvalue weighted by molar-refractivity contribution is -0.152. The zero-order valence-electron chi connectivity index (χ0n) is 25.0. The van der Waals surface area contributed by atoms with Gasteiger partial charge in [-0.3, -0.25) is 9.59 Å². The fraction of sp³-hybridized carbons (Fsp3) is 0.333. The number of esters is 2. The number of ether oxygens (including phenoxy) is 2. The van der Waals surface area contributed by atoms with Crippen LogP contribution in [-0.2, 0) is 9.59 Å². The molecular formula is C36H39ClO5. The van der Waals surface area contributed by atoms with E-state index >= 15 is 0 Å². The average Bonchev–Trinajstić information content (AvgIpc) is 2.91. The van der Waals surface area contributed by atoms with Gasteiger partial charge in [0.1, 0.15) is 11.5 Å². The molecule has 42 heavy (non-hydrogen) atoms. The zero-order valence-corrected chi connectivity index (χ0v) is 25.8. The van der Waals surface area contributed by atoms with Crippen LogP contribution in [0.1, 0.15) is 53.0 Å². The highest BCUT2D eigenvalue weighted by molar-refractivity contribution is 6.30. The van der Waals surface area contributed by atoms with Crippen LogP contribution < -0.4 is 9.47 Å². The van der Waals surface area contributed by atoms with Gasteiger partial charge in [-0.15, -0.1) is 0 Å². The molecule has 0 heterocycles. The van der Waals surface area contributed by atoms with Crippen molar-refractivity contribution in [2.24, 2.45) is 22.7 Å². The highest BCUT2D eigenvalue weighted by atomic mass is 35.5. The van der Waals surface area contributed by atoms with Crippen molar-refractivity contribution < 1.29 is 24.2 Å². The summed E-state index contributed by atoms with van der Waals surface area (Å²) in [6.45, 7) is 12.3. The third kappa shape index (κ3) is 7.39. The zero-order chi connectivity index (χ0) is 30.7. The molecule has 0 aliphatic heterocycles. The molecule has 0 spiro atoms. The Balaban J connectivity index is 1.93. The van der Waals surface area contributed by atoms with E-state index in [0.717, 1.165) is 11.1 Å². The summed E-state index contributed by atoms with van der Waals surface area (Å²) in [6, 6.07) is 24.5. The Morgan fingerprint density at radius 2 is 1.17 bits per heavy atom. The Bertz CT molecular complexity index is 1380. The maximum atomic E-state index is 14.1. The normalized spacial score (nSPS) is 18.1. The molecule has 4 rings (SSSR count). The summed E-state index contributed by atoms with van der Waals surface area (Å²) in [5, 5.41) is 12.0. The van der Waals surface area contributed by atoms with Gasteiger partial charge in [0.25, 0.3) is 0 Å². The van der Waals surface area contributed by atoms with Gasteiger partial charge in [0.15, 0.2) is 5.92 Å². The van der Waals surface area contributed by atoms with Crippen LogP contribution in [0.3, 0.4) is 0 Å². The van der Waals surface area contributed by atoms with Crippen LogP contribution in [0, 0.1) is 22.7 Å². The summed E-state index contributed by atoms with van der Waals surface area (Å²) in [6.07, 6.45) is 3.18. The number of aliphatic hydroxyl groups is 1. The van der Waals surface area contributed by atoms with Crippen molar-refractivity contribution in [1.82, 2.24) is 0 Å². The van der Waals surface area contributed by atoms with E-state index in [1.54, 1.807) is 66.7 Å². The van der Waals surface area contributed by atoms with Gasteiger partial charge in [0, 0.05) is 16.9 Å². The number of carbonyl (C=O) groups is 2. The van der Waals surface area contributed by atoms with E-state index in [4.69, 9.17) is 21.1 Å². The Morgan fingerprint density at radius 1 is 0.714 bits per heavy atom. The number of allylic oxidation sites excluding steroid dienone is 2. The Labute approximate surface area is 253 Å². The minimum absolute atomic E-state index is 0.320. The number of hydrogen-bond donors (Lipinski definition) is 1. The molecule has 0 aromatic heterocycles. The van der Waals surface area contributed by atoms with Gasteiger partial charge in [-0.1, -0.05) is 114 Å². The molecule has 0 radical (unpaired) electrons. The summed E-state index contributed by atoms with van der Waals surface area (Å²) in [4.78, 5) is 28.1. The molecular weight excluding hydrogens is 548 g/mol. The standard InChI is InChI=1S/C36H39ClO5/c1-35(2,3)28-21-24(22-29(32(28)38)36(4,5)6)30(23-14-13-15-25(37)20-23)31(33(39)41-26-16-9-7-10-17-26)34(40)42-27-18-11-8-12-19-27/h7-22,24,30-32,38H,1-6H3/t24?,30-,32?/m1/s1. The first-order valence-electron chi connectivity index (χ1n) is 14.2. The van der Waals surface area contributed by atoms with E-state index in [9.17, 15) is 14.7 Å². The first-order valence-corrected chi connectivity index (χ1v) is 14.5. The number of benzene rings is 3. The lowest BCUT2D eigenvalue weighted by Gasteiger charge is -2.41. The second kappa shape index (κ2) is 12.7. The molecule has 220 valence electrons. The molecule has 0 fully saturated rings. The number of aliphatic hydroxyl groups excluding tert-OH is 1. The topological polar surface area (TPSA) is 72.8 Å². The monoisotopic (exact) mass is 586 g/mol. The van der Waals surface area contributed by atoms with Gasteiger partial charge < -0.3 is 14.6 Å². The summed E-state index contributed by atoms with van der Waals surface area (Å²) >= 11 is 6.47. The molecule has 0 saturated carbocycles. The second-order valence-corrected chi connectivity index (χ2v) is 13.2. The van der Waals surface area contributed by atoms with Crippen LogP contribution in [0.4, 0.5) is 0 Å². The SMILES string of the molecule is CC(C)(C)C1=CC([C@@H](c2cccc(Cl)c2)C(C(=O)Oc2ccccc2)C(=O)Oc2ccccc2)C=C(C(C)(C)C)C1O. The van der Waals surface area contributed by atoms with Crippen LogP contribution in [0.5, 0.6) is 11.5 Å². The van der Waals surface area contributed by atoms with E-state index in [2.05, 4.69) is 0 Å². The lowest BCUT2D eigenvalue weighted by atomic mass is 9.65. The number of para-hydroxylation sites is 2. The quantitative estimate of drug-likeness (QED) is 0.131. The van der Waals surface area contributed by atoms with Crippen molar-refractivity contribution in [3.05, 3.63) is 119 Å². The van der Waals surface area contributed by atoms with Crippen LogP contribution in [-0.4, -0.2) is 23.1 Å². The summed E-state index contributed by atoms with van der Waals surface area (Å²) in [5.74, 6) is -3.42. The second-order valence-electron chi connectivity index (χ2n) is 12.8. The first kappa shape index (κ1) is 31.3. The Hall–Kier alpha value is -3.67. The number of carbonyl (C=O) groups excluding carboxylic acids is 2. The predicted octanol–water partition coefficient (Wildman–Crippen LogP) is 8.19. The maximum absolute atomic E-state index is 14.1. The molecule has 6 heteroatoms. The minimum atomic E-state index is -1.36. The average molecular weight is 587 g/mol. The van der Waals surface area contributed by atoms with Crippen LogP contribution in [0.25, 0.3) is 0 Å². The fourth-order valence-corrected chi connectivity index (χ4v) is 5.62. The molecule has 1 atom stereocenters. The minimum Gasteiger partial charge on any atom is -0.426 e. The molecule has 5 nitrogen and oxygen atoms in total. The van der Waals surface area contributed by atoms with E-state index in [-0.39, 0.29) is 10.8 Å². The van der Waals surface area contributed by atoms with Gasteiger partial charge in [-0.25, -0.2) is 0 Å². The molecule has 0 amide bonds. The molecule has 1 N–H and O–H groups in total. The van der Waals surface area contributed by atoms with E-state index in [0.29, 0.717) is 22.1 Å². The summed E-state index contributed by atoms with van der Waals surface area (Å²) in [7, 11) is 0. The largest absolute Gasteiger partial charge is 0.426 e. The summed E-state index contributed by atoms with van der Waals surface area (Å²) in [5.41, 5.74) is 1.55. The maximum Gasteiger partial charge on any atom is 0.326 e. The smallest absolute Gasteiger partial charge is 0.326 e. The van der Waals surface area contributed by atoms with Crippen molar-refractivity contribution in [1.29, 1.82) is 0 Å². The van der Waals surface area contributed by atoms with Crippen LogP contribution in [0.2, 0.25) is 5.02 Å². The number of halogens is 1. The molecule has 3 aromatic rings. The molecule has 0 bridgehead atoms. The predicted molar refractivity (Wildman–Crippen MR) is 166 cm³/mol. The van der Waals surface area contributed by atoms with Crippen LogP contribution >= 0.6 is 11.6 Å². The van der Waals surface area contributed by atoms with Crippen molar-refractivity contribution in [2.75, 3.05) is 0 Å². The first-order chi connectivity index (χ1) is 19.8. The van der Waals surface area contributed by atoms with E-state index in [1.807, 2.05) is 71.9 Å². The van der Waals surface area contributed by atoms with Crippen molar-refractivity contribution >= 4 is 23.5 Å². The van der Waals surface area contributed by atoms with Crippen molar-refractivity contribution in [2.45, 2.75) is 53.6 Å². The fourth-order valence-electron chi connectivity index (χ4n) is 5.42. The third-order valence-electron chi connectivity index (χ3n) is 7.50. The van der Waals surface area contributed by atoms with Gasteiger partial charge in [0.05, 0.1) is 6.10 Å². The lowest BCUT2D eigenvalue weighted by Crippen LogP contribution is -2.41. The Morgan fingerprint density at radius 3 is 1.57 bits per heavy atom. The highest BCUT2D eigenvalue weighted by Gasteiger charge is 2.45. The third-order valence-corrected chi connectivity index (χ3v) is 7.74. The van der Waals surface area contributed by atoms with E-state index < -0.39 is 35.8 Å².